The van der Waals surface area contributed by atoms with Gasteiger partial charge >= 0.3 is 0 Å². The zero-order chi connectivity index (χ0) is 12.8. The second-order valence-electron chi connectivity index (χ2n) is 4.55. The molecule has 1 atom stereocenters. The standard InChI is InChI=1S/C14H22ClNO/c1-5-16-14(9-17-10(2)3)12-6-11(4)7-13(15)8-12/h6-8,10,14,16H,5,9H2,1-4H3. The summed E-state index contributed by atoms with van der Waals surface area (Å²) < 4.78 is 5.69. The van der Waals surface area contributed by atoms with Crippen molar-refractivity contribution < 1.29 is 4.74 Å². The van der Waals surface area contributed by atoms with Crippen molar-refractivity contribution in [1.29, 1.82) is 0 Å². The largest absolute Gasteiger partial charge is 0.377 e. The number of rotatable bonds is 6. The highest BCUT2D eigenvalue weighted by Gasteiger charge is 2.12. The van der Waals surface area contributed by atoms with Crippen LogP contribution in [0.1, 0.15) is 37.9 Å². The fraction of sp³-hybridized carbons (Fsp3) is 0.571. The molecule has 17 heavy (non-hydrogen) atoms. The summed E-state index contributed by atoms with van der Waals surface area (Å²) in [5.74, 6) is 0. The predicted octanol–water partition coefficient (Wildman–Crippen LogP) is 3.72. The van der Waals surface area contributed by atoms with Crippen molar-refractivity contribution in [2.75, 3.05) is 13.2 Å². The normalized spacial score (nSPS) is 13.1. The van der Waals surface area contributed by atoms with Crippen LogP contribution in [-0.2, 0) is 4.74 Å². The maximum Gasteiger partial charge on any atom is 0.0664 e. The van der Waals surface area contributed by atoms with Gasteiger partial charge in [0.05, 0.1) is 18.8 Å². The molecule has 0 aromatic heterocycles. The highest BCUT2D eigenvalue weighted by atomic mass is 35.5. The zero-order valence-electron chi connectivity index (χ0n) is 11.1. The van der Waals surface area contributed by atoms with Crippen molar-refractivity contribution in [1.82, 2.24) is 5.32 Å². The Morgan fingerprint density at radius 1 is 1.29 bits per heavy atom. The Hall–Kier alpha value is -0.570. The van der Waals surface area contributed by atoms with Crippen LogP contribution in [0.15, 0.2) is 18.2 Å². The minimum Gasteiger partial charge on any atom is -0.377 e. The average Bonchev–Trinajstić information content (AvgIpc) is 2.22. The Morgan fingerprint density at radius 3 is 2.53 bits per heavy atom. The highest BCUT2D eigenvalue weighted by molar-refractivity contribution is 6.30. The van der Waals surface area contributed by atoms with Gasteiger partial charge in [-0.2, -0.15) is 0 Å². The molecule has 0 aliphatic heterocycles. The van der Waals surface area contributed by atoms with Crippen LogP contribution >= 0.6 is 11.6 Å². The highest BCUT2D eigenvalue weighted by Crippen LogP contribution is 2.21. The van der Waals surface area contributed by atoms with E-state index in [0.717, 1.165) is 11.6 Å². The van der Waals surface area contributed by atoms with Gasteiger partial charge in [0.1, 0.15) is 0 Å². The van der Waals surface area contributed by atoms with Gasteiger partial charge < -0.3 is 10.1 Å². The van der Waals surface area contributed by atoms with E-state index in [-0.39, 0.29) is 12.1 Å². The Bertz CT molecular complexity index is 332. The van der Waals surface area contributed by atoms with Crippen LogP contribution < -0.4 is 5.32 Å². The lowest BCUT2D eigenvalue weighted by Crippen LogP contribution is -2.26. The maximum absolute atomic E-state index is 6.09. The van der Waals surface area contributed by atoms with E-state index in [1.807, 2.05) is 26.0 Å². The Balaban J connectivity index is 2.80. The molecule has 2 nitrogen and oxygen atoms in total. The van der Waals surface area contributed by atoms with Crippen LogP contribution in [0.25, 0.3) is 0 Å². The quantitative estimate of drug-likeness (QED) is 0.837. The predicted molar refractivity (Wildman–Crippen MR) is 73.7 cm³/mol. The molecule has 1 N–H and O–H groups in total. The summed E-state index contributed by atoms with van der Waals surface area (Å²) in [6.45, 7) is 9.84. The average molecular weight is 256 g/mol. The summed E-state index contributed by atoms with van der Waals surface area (Å²) >= 11 is 6.09. The lowest BCUT2D eigenvalue weighted by atomic mass is 10.0. The number of likely N-dealkylation sites (N-methyl/N-ethyl adjacent to an activating group) is 1. The number of benzene rings is 1. The van der Waals surface area contributed by atoms with Crippen molar-refractivity contribution in [2.24, 2.45) is 0 Å². The molecule has 1 rings (SSSR count). The Labute approximate surface area is 109 Å². The first-order valence-corrected chi connectivity index (χ1v) is 6.52. The van der Waals surface area contributed by atoms with Crippen molar-refractivity contribution in [3.05, 3.63) is 34.3 Å². The topological polar surface area (TPSA) is 21.3 Å². The van der Waals surface area contributed by atoms with Crippen LogP contribution in [0.5, 0.6) is 0 Å². The van der Waals surface area contributed by atoms with E-state index >= 15 is 0 Å². The van der Waals surface area contributed by atoms with Gasteiger partial charge in [0.15, 0.2) is 0 Å². The molecule has 3 heteroatoms. The molecule has 0 heterocycles. The van der Waals surface area contributed by atoms with E-state index in [2.05, 4.69) is 25.2 Å². The number of ether oxygens (including phenoxy) is 1. The first-order chi connectivity index (χ1) is 8.02. The minimum atomic E-state index is 0.208. The zero-order valence-corrected chi connectivity index (χ0v) is 11.8. The number of nitrogens with one attached hydrogen (secondary N) is 1. The van der Waals surface area contributed by atoms with E-state index < -0.39 is 0 Å². The molecule has 0 aliphatic rings. The molecule has 0 fully saturated rings. The van der Waals surface area contributed by atoms with Crippen LogP contribution in [0.4, 0.5) is 0 Å². The number of hydrogen-bond donors (Lipinski definition) is 1. The fourth-order valence-electron chi connectivity index (χ4n) is 1.77. The molecule has 0 saturated carbocycles. The van der Waals surface area contributed by atoms with Crippen molar-refractivity contribution >= 4 is 11.6 Å². The third kappa shape index (κ3) is 5.07. The molecular formula is C14H22ClNO. The second-order valence-corrected chi connectivity index (χ2v) is 4.99. The monoisotopic (exact) mass is 255 g/mol. The summed E-state index contributed by atoms with van der Waals surface area (Å²) in [6, 6.07) is 6.34. The van der Waals surface area contributed by atoms with Gasteiger partial charge in [-0.1, -0.05) is 24.6 Å². The van der Waals surface area contributed by atoms with Crippen LogP contribution in [0.3, 0.4) is 0 Å². The van der Waals surface area contributed by atoms with Crippen LogP contribution in [-0.4, -0.2) is 19.3 Å². The number of halogens is 1. The Morgan fingerprint density at radius 2 is 2.00 bits per heavy atom. The van der Waals surface area contributed by atoms with Gasteiger partial charge in [0.25, 0.3) is 0 Å². The molecule has 0 aliphatic carbocycles. The minimum absolute atomic E-state index is 0.208. The van der Waals surface area contributed by atoms with E-state index in [1.54, 1.807) is 0 Å². The van der Waals surface area contributed by atoms with Gasteiger partial charge in [0, 0.05) is 5.02 Å². The van der Waals surface area contributed by atoms with Crippen LogP contribution in [0, 0.1) is 6.92 Å². The molecule has 1 aromatic rings. The SMILES string of the molecule is CCNC(COC(C)C)c1cc(C)cc(Cl)c1. The smallest absolute Gasteiger partial charge is 0.0664 e. The lowest BCUT2D eigenvalue weighted by Gasteiger charge is -2.20. The maximum atomic E-state index is 6.09. The number of hydrogen-bond acceptors (Lipinski definition) is 2. The molecule has 0 amide bonds. The van der Waals surface area contributed by atoms with E-state index in [0.29, 0.717) is 6.61 Å². The Kier molecular flexibility index (Phi) is 5.96. The van der Waals surface area contributed by atoms with Gasteiger partial charge in [-0.15, -0.1) is 0 Å². The third-order valence-electron chi connectivity index (χ3n) is 2.51. The fourth-order valence-corrected chi connectivity index (χ4v) is 2.07. The van der Waals surface area contributed by atoms with Crippen molar-refractivity contribution in [3.8, 4) is 0 Å². The van der Waals surface area contributed by atoms with Crippen molar-refractivity contribution in [2.45, 2.75) is 39.8 Å². The third-order valence-corrected chi connectivity index (χ3v) is 2.73. The summed E-state index contributed by atoms with van der Waals surface area (Å²) in [7, 11) is 0. The number of aryl methyl sites for hydroxylation is 1. The molecule has 0 saturated heterocycles. The molecule has 96 valence electrons. The van der Waals surface area contributed by atoms with Gasteiger partial charge in [-0.3, -0.25) is 0 Å². The van der Waals surface area contributed by atoms with Crippen LogP contribution in [0.2, 0.25) is 5.02 Å². The van der Waals surface area contributed by atoms with E-state index in [9.17, 15) is 0 Å². The molecule has 1 unspecified atom stereocenters. The first-order valence-electron chi connectivity index (χ1n) is 6.15. The second kappa shape index (κ2) is 7.00. The van der Waals surface area contributed by atoms with E-state index in [4.69, 9.17) is 16.3 Å². The first kappa shape index (κ1) is 14.5. The molecule has 1 aromatic carbocycles. The lowest BCUT2D eigenvalue weighted by molar-refractivity contribution is 0.0614. The molecular weight excluding hydrogens is 234 g/mol. The molecule has 0 spiro atoms. The molecule has 0 bridgehead atoms. The summed E-state index contributed by atoms with van der Waals surface area (Å²) in [5.41, 5.74) is 2.37. The van der Waals surface area contributed by atoms with Gasteiger partial charge in [0.2, 0.25) is 0 Å². The summed E-state index contributed by atoms with van der Waals surface area (Å²) in [5, 5.41) is 4.21. The molecule has 0 radical (unpaired) electrons. The van der Waals surface area contributed by atoms with Gasteiger partial charge in [-0.05, 0) is 50.6 Å². The van der Waals surface area contributed by atoms with E-state index in [1.165, 1.54) is 11.1 Å². The van der Waals surface area contributed by atoms with Crippen molar-refractivity contribution in [3.63, 3.8) is 0 Å². The summed E-state index contributed by atoms with van der Waals surface area (Å²) in [6.07, 6.45) is 0.247. The summed E-state index contributed by atoms with van der Waals surface area (Å²) in [4.78, 5) is 0. The van der Waals surface area contributed by atoms with Gasteiger partial charge in [-0.25, -0.2) is 0 Å².